The summed E-state index contributed by atoms with van der Waals surface area (Å²) in [6, 6.07) is 0. The molecule has 0 unspecified atom stereocenters. The average molecular weight is 345 g/mol. The molecule has 0 aromatic carbocycles. The van der Waals surface area contributed by atoms with Gasteiger partial charge >= 0.3 is 0 Å². The molecule has 1 nitrogen and oxygen atoms in total. The molecular weight excluding hydrogens is 304 g/mol. The molecule has 1 heteroatoms. The molecule has 0 amide bonds. The lowest BCUT2D eigenvalue weighted by Crippen LogP contribution is -2.47. The van der Waals surface area contributed by atoms with Crippen molar-refractivity contribution < 1.29 is 4.79 Å². The van der Waals surface area contributed by atoms with Crippen molar-refractivity contribution in [2.45, 2.75) is 80.1 Å². The summed E-state index contributed by atoms with van der Waals surface area (Å²) in [5.74, 6) is 6.17. The van der Waals surface area contributed by atoms with Crippen LogP contribution in [0.3, 0.4) is 0 Å². The molecule has 0 aromatic heterocycles. The van der Waals surface area contributed by atoms with E-state index in [9.17, 15) is 4.79 Å². The second-order valence-electron chi connectivity index (χ2n) is 10.3. The van der Waals surface area contributed by atoms with Crippen molar-refractivity contribution in [2.75, 3.05) is 0 Å². The van der Waals surface area contributed by atoms with Gasteiger partial charge in [0.25, 0.3) is 0 Å². The summed E-state index contributed by atoms with van der Waals surface area (Å²) in [5.41, 5.74) is 0.506. The molecule has 0 spiro atoms. The molecule has 3 aliphatic carbocycles. The van der Waals surface area contributed by atoms with Gasteiger partial charge < -0.3 is 0 Å². The number of carbonyl (C=O) groups is 1. The number of hydrogen-bond donors (Lipinski definition) is 0. The minimum absolute atomic E-state index is 0.326. The Balaban J connectivity index is 1.73. The van der Waals surface area contributed by atoms with Gasteiger partial charge in [-0.1, -0.05) is 53.7 Å². The van der Waals surface area contributed by atoms with Crippen LogP contribution in [0, 0.1) is 52.8 Å². The predicted molar refractivity (Wildman–Crippen MR) is 106 cm³/mol. The van der Waals surface area contributed by atoms with Crippen LogP contribution in [0.2, 0.25) is 0 Å². The summed E-state index contributed by atoms with van der Waals surface area (Å²) in [6.45, 7) is 14.3. The molecule has 0 saturated heterocycles. The number of carbonyl (C=O) groups excluding carboxylic acids is 1. The largest absolute Gasteiger partial charge is 0.299 e. The SMILES string of the molecule is CC(C)[C@@H](C)/C=C/[C@@H](C)[C@@H]1CC[C@@H]2[C@H]3CCC(=O)[C@@H](C)[C@H]3CC[C@@]21C. The van der Waals surface area contributed by atoms with Crippen LogP contribution in [0.4, 0.5) is 0 Å². The van der Waals surface area contributed by atoms with Gasteiger partial charge in [0.05, 0.1) is 0 Å². The summed E-state index contributed by atoms with van der Waals surface area (Å²) >= 11 is 0. The van der Waals surface area contributed by atoms with Crippen LogP contribution in [-0.2, 0) is 4.79 Å². The van der Waals surface area contributed by atoms with E-state index in [-0.39, 0.29) is 0 Å². The maximum Gasteiger partial charge on any atom is 0.135 e. The number of hydrogen-bond acceptors (Lipinski definition) is 1. The van der Waals surface area contributed by atoms with E-state index in [4.69, 9.17) is 0 Å². The number of fused-ring (bicyclic) bond motifs is 3. The predicted octanol–water partition coefficient (Wildman–Crippen LogP) is 6.53. The van der Waals surface area contributed by atoms with Crippen molar-refractivity contribution in [1.82, 2.24) is 0 Å². The third-order valence-electron chi connectivity index (χ3n) is 8.84. The number of ketones is 1. The average Bonchev–Trinajstić information content (AvgIpc) is 2.92. The van der Waals surface area contributed by atoms with Crippen LogP contribution in [0.25, 0.3) is 0 Å². The molecule has 0 bridgehead atoms. The van der Waals surface area contributed by atoms with Crippen LogP contribution in [0.1, 0.15) is 80.1 Å². The van der Waals surface area contributed by atoms with Gasteiger partial charge in [-0.3, -0.25) is 4.79 Å². The molecule has 3 rings (SSSR count). The van der Waals surface area contributed by atoms with Gasteiger partial charge in [0, 0.05) is 12.3 Å². The lowest BCUT2D eigenvalue weighted by molar-refractivity contribution is -0.132. The van der Waals surface area contributed by atoms with E-state index in [1.807, 2.05) is 0 Å². The molecule has 3 fully saturated rings. The van der Waals surface area contributed by atoms with Crippen molar-refractivity contribution in [3.63, 3.8) is 0 Å². The van der Waals surface area contributed by atoms with Crippen LogP contribution in [0.5, 0.6) is 0 Å². The third-order valence-corrected chi connectivity index (χ3v) is 8.84. The molecule has 3 saturated carbocycles. The van der Waals surface area contributed by atoms with E-state index >= 15 is 0 Å². The quantitative estimate of drug-likeness (QED) is 0.530. The Labute approximate surface area is 156 Å². The van der Waals surface area contributed by atoms with Crippen molar-refractivity contribution in [2.24, 2.45) is 52.8 Å². The molecule has 0 N–H and O–H groups in total. The van der Waals surface area contributed by atoms with Crippen molar-refractivity contribution >= 4 is 5.78 Å². The summed E-state index contributed by atoms with van der Waals surface area (Å²) in [7, 11) is 0. The van der Waals surface area contributed by atoms with E-state index in [0.717, 1.165) is 30.1 Å². The second kappa shape index (κ2) is 7.20. The fraction of sp³-hybridized carbons (Fsp3) is 0.875. The lowest BCUT2D eigenvalue weighted by Gasteiger charge is -2.52. The third kappa shape index (κ3) is 3.37. The minimum Gasteiger partial charge on any atom is -0.299 e. The fourth-order valence-electron chi connectivity index (χ4n) is 6.74. The monoisotopic (exact) mass is 344 g/mol. The van der Waals surface area contributed by atoms with Crippen LogP contribution < -0.4 is 0 Å². The molecule has 0 aromatic rings. The summed E-state index contributed by atoms with van der Waals surface area (Å²) in [5, 5.41) is 0. The highest BCUT2D eigenvalue weighted by molar-refractivity contribution is 5.81. The highest BCUT2D eigenvalue weighted by Gasteiger charge is 2.56. The first-order valence-corrected chi connectivity index (χ1v) is 11.0. The molecule has 25 heavy (non-hydrogen) atoms. The molecule has 0 heterocycles. The topological polar surface area (TPSA) is 17.1 Å². The van der Waals surface area contributed by atoms with E-state index in [0.29, 0.717) is 34.9 Å². The van der Waals surface area contributed by atoms with Gasteiger partial charge in [-0.05, 0) is 78.9 Å². The Morgan fingerprint density at radius 2 is 1.72 bits per heavy atom. The number of allylic oxidation sites excluding steroid dienone is 2. The van der Waals surface area contributed by atoms with Gasteiger partial charge in [0.15, 0.2) is 0 Å². The first kappa shape index (κ1) is 19.2. The number of Topliss-reactive ketones (excluding diaryl/α,β-unsaturated/α-hetero) is 1. The Morgan fingerprint density at radius 3 is 2.40 bits per heavy atom. The summed E-state index contributed by atoms with van der Waals surface area (Å²) in [6.07, 6.45) is 12.5. The van der Waals surface area contributed by atoms with Crippen LogP contribution in [-0.4, -0.2) is 5.78 Å². The standard InChI is InChI=1S/C24H40O/c1-15(2)16(3)7-8-17(4)21-10-11-22-20-9-12-23(25)18(5)19(20)13-14-24(21,22)6/h7-8,15-22H,9-14H2,1-6H3/b8-7+/t16-,17+,18-,19+,20-,21-,22+,24+/m0/s1. The van der Waals surface area contributed by atoms with E-state index in [1.54, 1.807) is 0 Å². The van der Waals surface area contributed by atoms with Crippen LogP contribution in [0.15, 0.2) is 12.2 Å². The molecule has 8 atom stereocenters. The fourth-order valence-corrected chi connectivity index (χ4v) is 6.74. The van der Waals surface area contributed by atoms with Crippen molar-refractivity contribution in [3.05, 3.63) is 12.2 Å². The Bertz CT molecular complexity index is 518. The van der Waals surface area contributed by atoms with E-state index in [2.05, 4.69) is 53.7 Å². The Kier molecular flexibility index (Phi) is 5.52. The van der Waals surface area contributed by atoms with Crippen molar-refractivity contribution in [3.8, 4) is 0 Å². The molecule has 142 valence electrons. The second-order valence-corrected chi connectivity index (χ2v) is 10.3. The van der Waals surface area contributed by atoms with Gasteiger partial charge in [0.1, 0.15) is 5.78 Å². The van der Waals surface area contributed by atoms with E-state index < -0.39 is 0 Å². The highest BCUT2D eigenvalue weighted by Crippen LogP contribution is 2.63. The lowest BCUT2D eigenvalue weighted by atomic mass is 9.52. The van der Waals surface area contributed by atoms with Gasteiger partial charge in [-0.25, -0.2) is 0 Å². The smallest absolute Gasteiger partial charge is 0.135 e. The highest BCUT2D eigenvalue weighted by atomic mass is 16.1. The Hall–Kier alpha value is -0.590. The normalized spacial score (nSPS) is 44.0. The zero-order chi connectivity index (χ0) is 18.4. The molecule has 0 radical (unpaired) electrons. The molecular formula is C24H40O. The van der Waals surface area contributed by atoms with Crippen molar-refractivity contribution in [1.29, 1.82) is 0 Å². The van der Waals surface area contributed by atoms with E-state index in [1.165, 1.54) is 32.1 Å². The summed E-state index contributed by atoms with van der Waals surface area (Å²) < 4.78 is 0. The zero-order valence-corrected chi connectivity index (χ0v) is 17.4. The summed E-state index contributed by atoms with van der Waals surface area (Å²) in [4.78, 5) is 12.2. The zero-order valence-electron chi connectivity index (χ0n) is 17.4. The maximum atomic E-state index is 12.2. The molecule has 0 aliphatic heterocycles. The maximum absolute atomic E-state index is 12.2. The number of rotatable bonds is 4. The Morgan fingerprint density at radius 1 is 1.00 bits per heavy atom. The van der Waals surface area contributed by atoms with Gasteiger partial charge in [-0.15, -0.1) is 0 Å². The van der Waals surface area contributed by atoms with Gasteiger partial charge in [-0.2, -0.15) is 0 Å². The first-order chi connectivity index (χ1) is 11.8. The molecule has 3 aliphatic rings. The first-order valence-electron chi connectivity index (χ1n) is 11.0. The van der Waals surface area contributed by atoms with Gasteiger partial charge in [0.2, 0.25) is 0 Å². The minimum atomic E-state index is 0.326. The van der Waals surface area contributed by atoms with Crippen LogP contribution >= 0.6 is 0 Å².